The van der Waals surface area contributed by atoms with Gasteiger partial charge in [-0.25, -0.2) is 9.78 Å². The lowest BCUT2D eigenvalue weighted by Gasteiger charge is -2.25. The van der Waals surface area contributed by atoms with E-state index in [1.165, 1.54) is 12.5 Å². The Morgan fingerprint density at radius 2 is 1.57 bits per heavy atom. The maximum Gasteiger partial charge on any atom is 0.326 e. The number of H-pyrrole nitrogens is 2. The number of nitrogens with two attached hydrogens (primary N) is 1. The van der Waals surface area contributed by atoms with Crippen molar-refractivity contribution >= 4 is 40.6 Å². The topological polar surface area (TPSA) is 232 Å². The predicted molar refractivity (Wildman–Crippen MR) is 152 cm³/mol. The van der Waals surface area contributed by atoms with Gasteiger partial charge in [-0.05, 0) is 30.4 Å². The van der Waals surface area contributed by atoms with E-state index in [9.17, 15) is 34.2 Å². The van der Waals surface area contributed by atoms with Crippen molar-refractivity contribution in [3.05, 3.63) is 54.2 Å². The summed E-state index contributed by atoms with van der Waals surface area (Å²) in [5.41, 5.74) is 8.06. The highest BCUT2D eigenvalue weighted by atomic mass is 16.4. The average Bonchev–Trinajstić information content (AvgIpc) is 3.59. The summed E-state index contributed by atoms with van der Waals surface area (Å²) in [4.78, 5) is 72.6. The van der Waals surface area contributed by atoms with Crippen LogP contribution in [0.15, 0.2) is 43.0 Å². The fraction of sp³-hybridized carbons (Fsp3) is 0.429. The number of fused-ring (bicyclic) bond motifs is 1. The molecule has 9 N–H and O–H groups in total. The number of carbonyl (C=O) groups excluding carboxylic acids is 3. The van der Waals surface area contributed by atoms with E-state index in [0.717, 1.165) is 16.5 Å². The third-order valence-electron chi connectivity index (χ3n) is 6.67. The Morgan fingerprint density at radius 1 is 0.905 bits per heavy atom. The molecule has 0 aliphatic heterocycles. The molecule has 0 saturated heterocycles. The lowest BCUT2D eigenvalue weighted by molar-refractivity contribution is -0.143. The molecule has 0 bridgehead atoms. The van der Waals surface area contributed by atoms with Crippen molar-refractivity contribution in [2.45, 2.75) is 70.1 Å². The maximum atomic E-state index is 13.6. The standard InChI is InChI=1S/C28H37N7O7/c1-15(2)9-19(29)25(38)34-22(10-16-12-31-20-6-4-3-5-18(16)20)27(40)33-21(7-8-24(36)37)26(39)35-23(28(41)42)11-17-13-30-14-32-17/h3-6,12-15,19,21-23,31H,7-11,29H2,1-2H3,(H,30,32)(H,33,40)(H,34,38)(H,35,39)(H,36,37)(H,41,42). The number of rotatable bonds is 16. The van der Waals surface area contributed by atoms with E-state index < -0.39 is 60.2 Å². The van der Waals surface area contributed by atoms with E-state index in [0.29, 0.717) is 12.1 Å². The monoisotopic (exact) mass is 583 g/mol. The van der Waals surface area contributed by atoms with Crippen LogP contribution in [-0.4, -0.2) is 79.0 Å². The molecule has 226 valence electrons. The first-order chi connectivity index (χ1) is 19.9. The number of nitrogens with zero attached hydrogens (tertiary/aromatic N) is 1. The van der Waals surface area contributed by atoms with Crippen molar-refractivity contribution < 1.29 is 34.2 Å². The van der Waals surface area contributed by atoms with E-state index in [-0.39, 0.29) is 25.2 Å². The van der Waals surface area contributed by atoms with Crippen LogP contribution in [0.25, 0.3) is 10.9 Å². The van der Waals surface area contributed by atoms with E-state index in [1.807, 2.05) is 38.1 Å². The lowest BCUT2D eigenvalue weighted by Crippen LogP contribution is -2.58. The van der Waals surface area contributed by atoms with Crippen LogP contribution in [-0.2, 0) is 36.8 Å². The van der Waals surface area contributed by atoms with Crippen LogP contribution >= 0.6 is 0 Å². The zero-order chi connectivity index (χ0) is 30.8. The van der Waals surface area contributed by atoms with Gasteiger partial charge in [0.05, 0.1) is 12.4 Å². The zero-order valence-electron chi connectivity index (χ0n) is 23.4. The molecule has 4 atom stereocenters. The van der Waals surface area contributed by atoms with E-state index in [1.54, 1.807) is 6.20 Å². The number of imidazole rings is 1. The summed E-state index contributed by atoms with van der Waals surface area (Å²) in [7, 11) is 0. The Labute approximate surface area is 241 Å². The fourth-order valence-corrected chi connectivity index (χ4v) is 4.52. The predicted octanol–water partition coefficient (Wildman–Crippen LogP) is 0.453. The molecule has 4 unspecified atom stereocenters. The highest BCUT2D eigenvalue weighted by Crippen LogP contribution is 2.19. The third kappa shape index (κ3) is 9.16. The minimum atomic E-state index is -1.40. The van der Waals surface area contributed by atoms with Crippen LogP contribution in [0, 0.1) is 5.92 Å². The molecule has 1 aromatic carbocycles. The van der Waals surface area contributed by atoms with Crippen LogP contribution in [0.3, 0.4) is 0 Å². The van der Waals surface area contributed by atoms with Gasteiger partial charge in [-0.1, -0.05) is 32.0 Å². The Balaban J connectivity index is 1.83. The minimum Gasteiger partial charge on any atom is -0.481 e. The van der Waals surface area contributed by atoms with E-state index in [4.69, 9.17) is 5.73 Å². The second-order valence-electron chi connectivity index (χ2n) is 10.5. The van der Waals surface area contributed by atoms with Crippen molar-refractivity contribution in [1.82, 2.24) is 30.9 Å². The maximum absolute atomic E-state index is 13.6. The number of aromatic nitrogens is 3. The van der Waals surface area contributed by atoms with Gasteiger partial charge in [-0.3, -0.25) is 19.2 Å². The Morgan fingerprint density at radius 3 is 2.21 bits per heavy atom. The number of para-hydroxylation sites is 1. The Hall–Kier alpha value is -4.72. The number of carboxylic acids is 2. The van der Waals surface area contributed by atoms with Gasteiger partial charge in [-0.2, -0.15) is 0 Å². The number of hydrogen-bond donors (Lipinski definition) is 8. The summed E-state index contributed by atoms with van der Waals surface area (Å²) in [6.07, 6.45) is 4.00. The molecule has 2 aromatic heterocycles. The van der Waals surface area contributed by atoms with Gasteiger partial charge >= 0.3 is 11.9 Å². The number of carbonyl (C=O) groups is 5. The van der Waals surface area contributed by atoms with Gasteiger partial charge < -0.3 is 41.9 Å². The second kappa shape index (κ2) is 14.8. The van der Waals surface area contributed by atoms with Crippen LogP contribution < -0.4 is 21.7 Å². The van der Waals surface area contributed by atoms with Crippen LogP contribution in [0.4, 0.5) is 0 Å². The van der Waals surface area contributed by atoms with Crippen molar-refractivity contribution in [3.63, 3.8) is 0 Å². The normalized spacial score (nSPS) is 14.1. The number of aromatic amines is 2. The van der Waals surface area contributed by atoms with Crippen LogP contribution in [0.2, 0.25) is 0 Å². The molecule has 2 heterocycles. The van der Waals surface area contributed by atoms with Gasteiger partial charge in [-0.15, -0.1) is 0 Å². The summed E-state index contributed by atoms with van der Waals surface area (Å²) >= 11 is 0. The largest absolute Gasteiger partial charge is 0.481 e. The summed E-state index contributed by atoms with van der Waals surface area (Å²) < 4.78 is 0. The molecular formula is C28H37N7O7. The smallest absolute Gasteiger partial charge is 0.326 e. The summed E-state index contributed by atoms with van der Waals surface area (Å²) in [6.45, 7) is 3.82. The molecule has 3 rings (SSSR count). The molecule has 42 heavy (non-hydrogen) atoms. The third-order valence-corrected chi connectivity index (χ3v) is 6.67. The molecule has 0 spiro atoms. The van der Waals surface area contributed by atoms with Crippen LogP contribution in [0.5, 0.6) is 0 Å². The molecule has 0 aliphatic carbocycles. The number of hydrogen-bond acceptors (Lipinski definition) is 7. The Bertz CT molecular complexity index is 1390. The highest BCUT2D eigenvalue weighted by Gasteiger charge is 2.31. The number of nitrogens with one attached hydrogen (secondary N) is 5. The molecule has 0 fully saturated rings. The summed E-state index contributed by atoms with van der Waals surface area (Å²) in [5.74, 6) is -4.61. The van der Waals surface area contributed by atoms with Crippen molar-refractivity contribution in [3.8, 4) is 0 Å². The summed E-state index contributed by atoms with van der Waals surface area (Å²) in [5, 5.41) is 27.3. The zero-order valence-corrected chi connectivity index (χ0v) is 23.4. The molecule has 14 nitrogen and oxygen atoms in total. The van der Waals surface area contributed by atoms with Gasteiger partial charge in [0.2, 0.25) is 17.7 Å². The van der Waals surface area contributed by atoms with Gasteiger partial charge in [0.15, 0.2) is 0 Å². The quantitative estimate of drug-likeness (QED) is 0.117. The van der Waals surface area contributed by atoms with E-state index in [2.05, 4.69) is 30.9 Å². The molecule has 0 radical (unpaired) electrons. The van der Waals surface area contributed by atoms with Crippen molar-refractivity contribution in [2.24, 2.45) is 11.7 Å². The number of benzene rings is 1. The molecule has 0 saturated carbocycles. The second-order valence-corrected chi connectivity index (χ2v) is 10.5. The molecule has 0 aliphatic rings. The molecule has 3 aromatic rings. The van der Waals surface area contributed by atoms with Gasteiger partial charge in [0.25, 0.3) is 0 Å². The molecular weight excluding hydrogens is 546 g/mol. The van der Waals surface area contributed by atoms with Crippen molar-refractivity contribution in [2.75, 3.05) is 0 Å². The fourth-order valence-electron chi connectivity index (χ4n) is 4.52. The minimum absolute atomic E-state index is 0.0425. The lowest BCUT2D eigenvalue weighted by atomic mass is 10.0. The Kier molecular flexibility index (Phi) is 11.2. The van der Waals surface area contributed by atoms with Crippen LogP contribution in [0.1, 0.15) is 44.4 Å². The first-order valence-electron chi connectivity index (χ1n) is 13.6. The van der Waals surface area contributed by atoms with Gasteiger partial charge in [0.1, 0.15) is 18.1 Å². The first-order valence-corrected chi connectivity index (χ1v) is 13.6. The SMILES string of the molecule is CC(C)CC(N)C(=O)NC(Cc1c[nH]c2ccccc12)C(=O)NC(CCC(=O)O)C(=O)NC(Cc1cnc[nH]1)C(=O)O. The van der Waals surface area contributed by atoms with E-state index >= 15 is 0 Å². The number of amides is 3. The highest BCUT2D eigenvalue weighted by molar-refractivity contribution is 5.95. The number of carboxylic acid groups (broad SMARTS) is 2. The van der Waals surface area contributed by atoms with Gasteiger partial charge in [0, 0.05) is 48.3 Å². The molecule has 14 heteroatoms. The van der Waals surface area contributed by atoms with Crippen molar-refractivity contribution in [1.29, 1.82) is 0 Å². The average molecular weight is 584 g/mol. The first kappa shape index (κ1) is 31.8. The number of aliphatic carboxylic acids is 2. The summed E-state index contributed by atoms with van der Waals surface area (Å²) in [6, 6.07) is 2.57. The molecule has 3 amide bonds.